The van der Waals surface area contributed by atoms with Crippen molar-refractivity contribution in [2.24, 2.45) is 11.7 Å². The molecule has 124 valence electrons. The van der Waals surface area contributed by atoms with Crippen molar-refractivity contribution in [2.45, 2.75) is 38.6 Å². The van der Waals surface area contributed by atoms with Crippen LogP contribution in [0.5, 0.6) is 0 Å². The first kappa shape index (κ1) is 14.9. The molecular formula is C17H25N5O. The van der Waals surface area contributed by atoms with Crippen LogP contribution in [0.3, 0.4) is 0 Å². The van der Waals surface area contributed by atoms with Gasteiger partial charge in [0.25, 0.3) is 0 Å². The number of aryl methyl sites for hydroxylation is 1. The van der Waals surface area contributed by atoms with Gasteiger partial charge in [0.1, 0.15) is 0 Å². The Bertz CT molecular complexity index is 712. The van der Waals surface area contributed by atoms with Gasteiger partial charge in [-0.2, -0.15) is 5.10 Å². The van der Waals surface area contributed by atoms with Crippen LogP contribution in [0.25, 0.3) is 5.65 Å². The van der Waals surface area contributed by atoms with Gasteiger partial charge >= 0.3 is 0 Å². The van der Waals surface area contributed by atoms with Gasteiger partial charge in [-0.15, -0.1) is 0 Å². The highest BCUT2D eigenvalue weighted by Gasteiger charge is 2.26. The minimum Gasteiger partial charge on any atom is -0.379 e. The van der Waals surface area contributed by atoms with Crippen molar-refractivity contribution in [3.8, 4) is 0 Å². The third-order valence-electron chi connectivity index (χ3n) is 5.01. The predicted octanol–water partition coefficient (Wildman–Crippen LogP) is 1.72. The summed E-state index contributed by atoms with van der Waals surface area (Å²) in [5.74, 6) is 1.82. The molecule has 0 spiro atoms. The number of nitrogens with zero attached hydrogens (tertiary/aromatic N) is 4. The zero-order chi connectivity index (χ0) is 16.0. The lowest BCUT2D eigenvalue weighted by atomic mass is 9.99. The minimum absolute atomic E-state index is 0.0862. The van der Waals surface area contributed by atoms with Crippen molar-refractivity contribution >= 4 is 11.3 Å². The molecule has 0 amide bonds. The molecule has 0 aliphatic carbocycles. The minimum atomic E-state index is 0.0862. The Hall–Kier alpha value is -1.66. The van der Waals surface area contributed by atoms with Crippen LogP contribution in [-0.4, -0.2) is 46.9 Å². The van der Waals surface area contributed by atoms with Crippen molar-refractivity contribution in [3.05, 3.63) is 23.7 Å². The number of nitrogens with two attached hydrogens (primary N) is 1. The molecule has 23 heavy (non-hydrogen) atoms. The van der Waals surface area contributed by atoms with E-state index in [2.05, 4.69) is 31.0 Å². The van der Waals surface area contributed by atoms with Gasteiger partial charge in [-0.05, 0) is 37.3 Å². The molecule has 2 aliphatic rings. The number of anilines is 1. The lowest BCUT2D eigenvalue weighted by Gasteiger charge is -2.24. The van der Waals surface area contributed by atoms with E-state index in [0.29, 0.717) is 13.2 Å². The molecule has 3 atom stereocenters. The van der Waals surface area contributed by atoms with Gasteiger partial charge in [0.2, 0.25) is 0 Å². The van der Waals surface area contributed by atoms with Crippen molar-refractivity contribution in [2.75, 3.05) is 31.2 Å². The van der Waals surface area contributed by atoms with Crippen LogP contribution >= 0.6 is 0 Å². The highest BCUT2D eigenvalue weighted by molar-refractivity contribution is 5.57. The summed E-state index contributed by atoms with van der Waals surface area (Å²) < 4.78 is 7.50. The van der Waals surface area contributed by atoms with E-state index in [1.807, 2.05) is 4.52 Å². The Morgan fingerprint density at radius 3 is 2.96 bits per heavy atom. The second-order valence-corrected chi connectivity index (χ2v) is 7.19. The lowest BCUT2D eigenvalue weighted by molar-refractivity contribution is 0.0639. The van der Waals surface area contributed by atoms with E-state index in [-0.39, 0.29) is 12.0 Å². The van der Waals surface area contributed by atoms with Crippen LogP contribution < -0.4 is 10.6 Å². The lowest BCUT2D eigenvalue weighted by Crippen LogP contribution is -2.35. The van der Waals surface area contributed by atoms with Gasteiger partial charge in [-0.25, -0.2) is 9.50 Å². The second-order valence-electron chi connectivity index (χ2n) is 7.19. The summed E-state index contributed by atoms with van der Waals surface area (Å²) in [7, 11) is 0. The fraction of sp³-hybridized carbons (Fsp3) is 0.647. The first-order valence-electron chi connectivity index (χ1n) is 8.55. The number of hydrogen-bond donors (Lipinski definition) is 1. The molecule has 0 aromatic carbocycles. The fourth-order valence-electron chi connectivity index (χ4n) is 3.71. The first-order valence-corrected chi connectivity index (χ1v) is 8.55. The molecule has 3 unspecified atom stereocenters. The molecule has 4 heterocycles. The molecule has 6 nitrogen and oxygen atoms in total. The van der Waals surface area contributed by atoms with Crippen LogP contribution in [-0.2, 0) is 4.74 Å². The van der Waals surface area contributed by atoms with Crippen LogP contribution in [0.15, 0.2) is 12.3 Å². The van der Waals surface area contributed by atoms with Crippen molar-refractivity contribution in [1.29, 1.82) is 0 Å². The van der Waals surface area contributed by atoms with E-state index < -0.39 is 0 Å². The van der Waals surface area contributed by atoms with Crippen molar-refractivity contribution < 1.29 is 4.74 Å². The number of rotatable bonds is 2. The maximum Gasteiger partial charge on any atom is 0.158 e. The molecular weight excluding hydrogens is 290 g/mol. The SMILES string of the molecule is Cc1cc(N2CCC(C)C2)cn2nc(C3COCC(N)C3)nc12. The first-order chi connectivity index (χ1) is 11.1. The Labute approximate surface area is 136 Å². The molecule has 2 saturated heterocycles. The number of hydrogen-bond acceptors (Lipinski definition) is 5. The zero-order valence-corrected chi connectivity index (χ0v) is 13.9. The summed E-state index contributed by atoms with van der Waals surface area (Å²) in [6.07, 6.45) is 4.27. The van der Waals surface area contributed by atoms with E-state index in [4.69, 9.17) is 20.6 Å². The van der Waals surface area contributed by atoms with Gasteiger partial charge < -0.3 is 15.4 Å². The fourth-order valence-corrected chi connectivity index (χ4v) is 3.71. The summed E-state index contributed by atoms with van der Waals surface area (Å²) in [6.45, 7) is 7.97. The number of fused-ring (bicyclic) bond motifs is 1. The van der Waals surface area contributed by atoms with E-state index in [9.17, 15) is 0 Å². The van der Waals surface area contributed by atoms with Gasteiger partial charge in [0.15, 0.2) is 11.5 Å². The highest BCUT2D eigenvalue weighted by atomic mass is 16.5. The Morgan fingerprint density at radius 1 is 1.35 bits per heavy atom. The van der Waals surface area contributed by atoms with E-state index in [1.54, 1.807) is 0 Å². The molecule has 2 N–H and O–H groups in total. The standard InChI is InChI=1S/C17H25N5O/c1-11-3-4-21(7-11)15-5-12(2)17-19-16(20-22(17)8-15)13-6-14(18)10-23-9-13/h5,8,11,13-14H,3-4,6-7,9-10,18H2,1-2H3. The monoisotopic (exact) mass is 315 g/mol. The Morgan fingerprint density at radius 2 is 2.22 bits per heavy atom. The van der Waals surface area contributed by atoms with Gasteiger partial charge in [-0.3, -0.25) is 0 Å². The van der Waals surface area contributed by atoms with E-state index in [0.717, 1.165) is 36.9 Å². The van der Waals surface area contributed by atoms with Crippen LogP contribution in [0.4, 0.5) is 5.69 Å². The largest absolute Gasteiger partial charge is 0.379 e. The molecule has 2 aliphatic heterocycles. The Kier molecular flexibility index (Phi) is 3.73. The summed E-state index contributed by atoms with van der Waals surface area (Å²) >= 11 is 0. The number of aromatic nitrogens is 3. The van der Waals surface area contributed by atoms with E-state index >= 15 is 0 Å². The zero-order valence-electron chi connectivity index (χ0n) is 13.9. The maximum atomic E-state index is 6.01. The van der Waals surface area contributed by atoms with Gasteiger partial charge in [0, 0.05) is 25.0 Å². The smallest absolute Gasteiger partial charge is 0.158 e. The third kappa shape index (κ3) is 2.81. The number of pyridine rings is 1. The summed E-state index contributed by atoms with van der Waals surface area (Å²) in [6, 6.07) is 2.32. The molecule has 4 rings (SSSR count). The average molecular weight is 315 g/mol. The van der Waals surface area contributed by atoms with Crippen LogP contribution in [0.1, 0.15) is 37.1 Å². The second kappa shape index (κ2) is 5.76. The van der Waals surface area contributed by atoms with Crippen LogP contribution in [0.2, 0.25) is 0 Å². The third-order valence-corrected chi connectivity index (χ3v) is 5.01. The maximum absolute atomic E-state index is 6.01. The topological polar surface area (TPSA) is 68.7 Å². The summed E-state index contributed by atoms with van der Waals surface area (Å²) in [4.78, 5) is 7.19. The quantitative estimate of drug-likeness (QED) is 0.914. The molecule has 0 saturated carbocycles. The summed E-state index contributed by atoms with van der Waals surface area (Å²) in [5, 5.41) is 4.73. The predicted molar refractivity (Wildman–Crippen MR) is 89.9 cm³/mol. The molecule has 6 heteroatoms. The molecule has 0 bridgehead atoms. The average Bonchev–Trinajstić information content (AvgIpc) is 3.13. The normalized spacial score (nSPS) is 28.7. The van der Waals surface area contributed by atoms with Gasteiger partial charge in [-0.1, -0.05) is 6.92 Å². The molecule has 2 fully saturated rings. The molecule has 2 aromatic rings. The van der Waals surface area contributed by atoms with Gasteiger partial charge in [0.05, 0.1) is 25.1 Å². The Balaban J connectivity index is 1.66. The van der Waals surface area contributed by atoms with Crippen molar-refractivity contribution in [3.63, 3.8) is 0 Å². The van der Waals surface area contributed by atoms with E-state index in [1.165, 1.54) is 17.7 Å². The van der Waals surface area contributed by atoms with Crippen molar-refractivity contribution in [1.82, 2.24) is 14.6 Å². The van der Waals surface area contributed by atoms with Crippen LogP contribution in [0, 0.1) is 12.8 Å². The summed E-state index contributed by atoms with van der Waals surface area (Å²) in [5.41, 5.74) is 9.36. The number of ether oxygens (including phenoxy) is 1. The molecule has 2 aromatic heterocycles. The molecule has 0 radical (unpaired) electrons. The highest BCUT2D eigenvalue weighted by Crippen LogP contribution is 2.27.